The first-order valence-electron chi connectivity index (χ1n) is 6.90. The van der Waals surface area contributed by atoms with Gasteiger partial charge in [0.25, 0.3) is 0 Å². The highest BCUT2D eigenvalue weighted by Crippen LogP contribution is 2.23. The van der Waals surface area contributed by atoms with Gasteiger partial charge in [-0.2, -0.15) is 0 Å². The monoisotopic (exact) mass is 265 g/mol. The number of nitrogens with zero attached hydrogens (tertiary/aromatic N) is 2. The fourth-order valence-electron chi connectivity index (χ4n) is 2.13. The molecule has 0 saturated heterocycles. The van der Waals surface area contributed by atoms with Crippen LogP contribution in [0.1, 0.15) is 29.7 Å². The molecule has 0 fully saturated rings. The van der Waals surface area contributed by atoms with E-state index in [0.29, 0.717) is 0 Å². The number of hydrogen-bond donors (Lipinski definition) is 1. The molecule has 1 heterocycles. The van der Waals surface area contributed by atoms with Crippen LogP contribution in [0.25, 0.3) is 0 Å². The predicted octanol–water partition coefficient (Wildman–Crippen LogP) is 2.14. The van der Waals surface area contributed by atoms with Gasteiger partial charge in [-0.3, -0.25) is 4.98 Å². The minimum Gasteiger partial charge on any atom is -0.496 e. The molecule has 108 valence electrons. The Balaban J connectivity index is 2.38. The maximum atomic E-state index is 5.41. The molecule has 0 atom stereocenters. The molecule has 0 aliphatic carbocycles. The summed E-state index contributed by atoms with van der Waals surface area (Å²) in [4.78, 5) is 6.70. The highest BCUT2D eigenvalue weighted by molar-refractivity contribution is 5.40. The van der Waals surface area contributed by atoms with Crippen molar-refractivity contribution in [3.63, 3.8) is 0 Å². The molecular weight excluding hydrogens is 238 g/mol. The molecular formula is C15H27N3O. The number of rotatable bonds is 8. The van der Waals surface area contributed by atoms with E-state index in [2.05, 4.69) is 36.2 Å². The van der Waals surface area contributed by atoms with E-state index < -0.39 is 0 Å². The van der Waals surface area contributed by atoms with E-state index in [1.165, 1.54) is 12.8 Å². The van der Waals surface area contributed by atoms with Crippen molar-refractivity contribution in [2.75, 3.05) is 34.3 Å². The average molecular weight is 265 g/mol. The smallest absolute Gasteiger partial charge is 0.128 e. The van der Waals surface area contributed by atoms with Crippen molar-refractivity contribution in [1.82, 2.24) is 15.2 Å². The van der Waals surface area contributed by atoms with Crippen LogP contribution < -0.4 is 10.1 Å². The molecule has 0 saturated carbocycles. The van der Waals surface area contributed by atoms with E-state index >= 15 is 0 Å². The second kappa shape index (κ2) is 8.12. The van der Waals surface area contributed by atoms with Crippen molar-refractivity contribution in [2.45, 2.75) is 33.2 Å². The molecule has 4 heteroatoms. The van der Waals surface area contributed by atoms with E-state index in [-0.39, 0.29) is 0 Å². The first-order chi connectivity index (χ1) is 9.06. The van der Waals surface area contributed by atoms with Crippen molar-refractivity contribution in [3.8, 4) is 5.75 Å². The Morgan fingerprint density at radius 3 is 2.63 bits per heavy atom. The number of aromatic nitrogens is 1. The third-order valence-electron chi connectivity index (χ3n) is 3.25. The van der Waals surface area contributed by atoms with E-state index in [1.54, 1.807) is 7.11 Å². The van der Waals surface area contributed by atoms with Crippen LogP contribution in [0.3, 0.4) is 0 Å². The summed E-state index contributed by atoms with van der Waals surface area (Å²) < 4.78 is 5.41. The topological polar surface area (TPSA) is 37.4 Å². The quantitative estimate of drug-likeness (QED) is 0.731. The highest BCUT2D eigenvalue weighted by atomic mass is 16.5. The zero-order valence-corrected chi connectivity index (χ0v) is 12.9. The van der Waals surface area contributed by atoms with Crippen molar-refractivity contribution in [1.29, 1.82) is 0 Å². The Morgan fingerprint density at radius 2 is 2.00 bits per heavy atom. The van der Waals surface area contributed by atoms with E-state index in [0.717, 1.165) is 42.2 Å². The normalized spacial score (nSPS) is 11.1. The number of methoxy groups -OCH3 is 1. The highest BCUT2D eigenvalue weighted by Gasteiger charge is 2.08. The van der Waals surface area contributed by atoms with Gasteiger partial charge in [0.1, 0.15) is 5.75 Å². The fourth-order valence-corrected chi connectivity index (χ4v) is 2.13. The Kier molecular flexibility index (Phi) is 6.81. The van der Waals surface area contributed by atoms with Gasteiger partial charge in [-0.25, -0.2) is 0 Å². The maximum absolute atomic E-state index is 5.41. The van der Waals surface area contributed by atoms with Crippen LogP contribution >= 0.6 is 0 Å². The summed E-state index contributed by atoms with van der Waals surface area (Å²) in [7, 11) is 5.94. The van der Waals surface area contributed by atoms with Crippen molar-refractivity contribution in [3.05, 3.63) is 23.0 Å². The van der Waals surface area contributed by atoms with E-state index in [1.807, 2.05) is 13.1 Å². The van der Waals surface area contributed by atoms with Gasteiger partial charge in [0.05, 0.1) is 12.8 Å². The number of aryl methyl sites for hydroxylation is 1. The second-order valence-electron chi connectivity index (χ2n) is 5.23. The van der Waals surface area contributed by atoms with Crippen LogP contribution in [0.5, 0.6) is 5.75 Å². The summed E-state index contributed by atoms with van der Waals surface area (Å²) in [5, 5.41) is 3.45. The minimum absolute atomic E-state index is 0.810. The number of nitrogens with one attached hydrogen (secondary N) is 1. The van der Waals surface area contributed by atoms with E-state index in [9.17, 15) is 0 Å². The average Bonchev–Trinajstić information content (AvgIpc) is 2.36. The summed E-state index contributed by atoms with van der Waals surface area (Å²) in [5.74, 6) is 0.958. The molecule has 0 aliphatic rings. The molecule has 0 aliphatic heterocycles. The van der Waals surface area contributed by atoms with Crippen LogP contribution in [0.4, 0.5) is 0 Å². The van der Waals surface area contributed by atoms with Crippen molar-refractivity contribution < 1.29 is 4.74 Å². The molecule has 0 radical (unpaired) electrons. The number of pyridine rings is 1. The van der Waals surface area contributed by atoms with Gasteiger partial charge in [-0.1, -0.05) is 0 Å². The first-order valence-corrected chi connectivity index (χ1v) is 6.90. The Bertz CT molecular complexity index is 391. The third-order valence-corrected chi connectivity index (χ3v) is 3.25. The summed E-state index contributed by atoms with van der Waals surface area (Å²) in [5.41, 5.74) is 3.31. The standard InChI is InChI=1S/C15H27N3O/c1-12-10-17-14(13(2)15(12)19-5)11-16-8-6-7-9-18(3)4/h10,16H,6-9,11H2,1-5H3. The summed E-state index contributed by atoms with van der Waals surface area (Å²) in [6, 6.07) is 0. The molecule has 1 aromatic heterocycles. The van der Waals surface area contributed by atoms with Crippen molar-refractivity contribution >= 4 is 0 Å². The SMILES string of the molecule is COc1c(C)cnc(CNCCCCN(C)C)c1C. The minimum atomic E-state index is 0.810. The molecule has 0 aromatic carbocycles. The lowest BCUT2D eigenvalue weighted by atomic mass is 10.1. The van der Waals surface area contributed by atoms with Crippen LogP contribution in [0, 0.1) is 13.8 Å². The van der Waals surface area contributed by atoms with Gasteiger partial charge in [0.2, 0.25) is 0 Å². The molecule has 1 N–H and O–H groups in total. The van der Waals surface area contributed by atoms with Gasteiger partial charge in [0.15, 0.2) is 0 Å². The molecule has 1 aromatic rings. The summed E-state index contributed by atoms with van der Waals surface area (Å²) in [6.07, 6.45) is 4.30. The van der Waals surface area contributed by atoms with Gasteiger partial charge in [-0.15, -0.1) is 0 Å². The lowest BCUT2D eigenvalue weighted by Crippen LogP contribution is -2.19. The molecule has 19 heavy (non-hydrogen) atoms. The van der Waals surface area contributed by atoms with Crippen LogP contribution in [0.2, 0.25) is 0 Å². The van der Waals surface area contributed by atoms with Crippen LogP contribution in [-0.4, -0.2) is 44.2 Å². The molecule has 0 amide bonds. The molecule has 0 spiro atoms. The van der Waals surface area contributed by atoms with Gasteiger partial charge < -0.3 is 15.0 Å². The summed E-state index contributed by atoms with van der Waals surface area (Å²) >= 11 is 0. The number of hydrogen-bond acceptors (Lipinski definition) is 4. The predicted molar refractivity (Wildman–Crippen MR) is 79.8 cm³/mol. The largest absolute Gasteiger partial charge is 0.496 e. The first kappa shape index (κ1) is 15.9. The zero-order chi connectivity index (χ0) is 14.3. The Morgan fingerprint density at radius 1 is 1.26 bits per heavy atom. The molecule has 0 bridgehead atoms. The van der Waals surface area contributed by atoms with Crippen LogP contribution in [-0.2, 0) is 6.54 Å². The summed E-state index contributed by atoms with van der Waals surface area (Å²) in [6.45, 7) is 7.09. The van der Waals surface area contributed by atoms with Gasteiger partial charge in [0, 0.05) is 23.9 Å². The Labute approximate surface area is 117 Å². The van der Waals surface area contributed by atoms with Crippen LogP contribution in [0.15, 0.2) is 6.20 Å². The maximum Gasteiger partial charge on any atom is 0.128 e. The molecule has 0 unspecified atom stereocenters. The third kappa shape index (κ3) is 5.17. The molecule has 1 rings (SSSR count). The number of unbranched alkanes of at least 4 members (excludes halogenated alkanes) is 1. The van der Waals surface area contributed by atoms with E-state index in [4.69, 9.17) is 4.74 Å². The molecule has 4 nitrogen and oxygen atoms in total. The fraction of sp³-hybridized carbons (Fsp3) is 0.667. The lowest BCUT2D eigenvalue weighted by molar-refractivity contribution is 0.391. The number of ether oxygens (including phenoxy) is 1. The van der Waals surface area contributed by atoms with Crippen molar-refractivity contribution in [2.24, 2.45) is 0 Å². The zero-order valence-electron chi connectivity index (χ0n) is 12.9. The Hall–Kier alpha value is -1.13. The second-order valence-corrected chi connectivity index (χ2v) is 5.23. The van der Waals surface area contributed by atoms with Gasteiger partial charge in [-0.05, 0) is 53.9 Å². The lowest BCUT2D eigenvalue weighted by Gasteiger charge is -2.13. The van der Waals surface area contributed by atoms with Gasteiger partial charge >= 0.3 is 0 Å².